The van der Waals surface area contributed by atoms with Crippen LogP contribution in [0.3, 0.4) is 0 Å². The van der Waals surface area contributed by atoms with Gasteiger partial charge in [0.25, 0.3) is 0 Å². The molecule has 0 saturated carbocycles. The molecule has 1 N–H and O–H groups in total. The highest BCUT2D eigenvalue weighted by Crippen LogP contribution is 2.35. The van der Waals surface area contributed by atoms with Crippen molar-refractivity contribution in [1.82, 2.24) is 10.3 Å². The van der Waals surface area contributed by atoms with Gasteiger partial charge in [-0.1, -0.05) is 60.6 Å². The minimum absolute atomic E-state index is 0.360. The van der Waals surface area contributed by atoms with Crippen LogP contribution in [0.2, 0.25) is 0 Å². The molecule has 136 valence electrons. The molecule has 0 saturated heterocycles. The molecule has 1 aromatic heterocycles. The number of nitrogens with one attached hydrogen (secondary N) is 1. The Kier molecular flexibility index (Phi) is 5.99. The Morgan fingerprint density at radius 2 is 1.89 bits per heavy atom. The molecule has 3 rings (SSSR count). The quantitative estimate of drug-likeness (QED) is 0.538. The van der Waals surface area contributed by atoms with Gasteiger partial charge in [-0.15, -0.1) is 0 Å². The van der Waals surface area contributed by atoms with Gasteiger partial charge in [-0.25, -0.2) is 9.38 Å². The summed E-state index contributed by atoms with van der Waals surface area (Å²) in [4.78, 5) is 8.52. The van der Waals surface area contributed by atoms with Crippen LogP contribution in [-0.2, 0) is 6.54 Å². The van der Waals surface area contributed by atoms with Gasteiger partial charge in [0.1, 0.15) is 11.0 Å². The summed E-state index contributed by atoms with van der Waals surface area (Å²) < 4.78 is 13.0. The Labute approximate surface area is 163 Å². The van der Waals surface area contributed by atoms with Crippen molar-refractivity contribution in [1.29, 1.82) is 0 Å². The van der Waals surface area contributed by atoms with Crippen molar-refractivity contribution in [3.8, 4) is 11.1 Å². The Morgan fingerprint density at radius 1 is 1.11 bits per heavy atom. The van der Waals surface area contributed by atoms with E-state index >= 15 is 0 Å². The summed E-state index contributed by atoms with van der Waals surface area (Å²) >= 11 is 6.03. The second-order valence-corrected chi connectivity index (χ2v) is 6.52. The maximum atomic E-state index is 13.0. The lowest BCUT2D eigenvalue weighted by atomic mass is 9.96. The highest BCUT2D eigenvalue weighted by molar-refractivity contribution is 6.65. The molecule has 0 atom stereocenters. The van der Waals surface area contributed by atoms with Crippen molar-refractivity contribution < 1.29 is 4.39 Å². The molecule has 0 unspecified atom stereocenters. The van der Waals surface area contributed by atoms with Crippen LogP contribution in [0.25, 0.3) is 16.8 Å². The van der Waals surface area contributed by atoms with E-state index in [-0.39, 0.29) is 5.82 Å². The van der Waals surface area contributed by atoms with E-state index in [1.165, 1.54) is 12.3 Å². The monoisotopic (exact) mass is 379 g/mol. The molecular weight excluding hydrogens is 361 g/mol. The summed E-state index contributed by atoms with van der Waals surface area (Å²) in [6, 6.07) is 18.9. The van der Waals surface area contributed by atoms with Crippen LogP contribution in [0.4, 0.5) is 10.1 Å². The van der Waals surface area contributed by atoms with Crippen molar-refractivity contribution in [2.45, 2.75) is 13.5 Å². The topological polar surface area (TPSA) is 37.3 Å². The molecule has 5 heteroatoms. The maximum Gasteiger partial charge on any atom is 0.141 e. The van der Waals surface area contributed by atoms with E-state index in [0.29, 0.717) is 23.1 Å². The van der Waals surface area contributed by atoms with E-state index in [1.807, 2.05) is 48.5 Å². The van der Waals surface area contributed by atoms with Gasteiger partial charge in [-0.3, -0.25) is 4.98 Å². The van der Waals surface area contributed by atoms with Gasteiger partial charge in [0.05, 0.1) is 24.1 Å². The lowest BCUT2D eigenvalue weighted by molar-refractivity contribution is 0.618. The lowest BCUT2D eigenvalue weighted by Gasteiger charge is -2.17. The van der Waals surface area contributed by atoms with Crippen LogP contribution in [0, 0.1) is 5.82 Å². The second-order valence-electron chi connectivity index (χ2n) is 5.97. The van der Waals surface area contributed by atoms with Gasteiger partial charge in [0, 0.05) is 11.3 Å². The predicted octanol–water partition coefficient (Wildman–Crippen LogP) is 5.94. The molecule has 0 aliphatic heterocycles. The van der Waals surface area contributed by atoms with Crippen LogP contribution in [0.5, 0.6) is 0 Å². The van der Waals surface area contributed by atoms with E-state index in [1.54, 1.807) is 13.0 Å². The molecule has 0 aliphatic carbocycles. The molecule has 3 nitrogen and oxygen atoms in total. The van der Waals surface area contributed by atoms with Crippen LogP contribution < -0.4 is 5.32 Å². The van der Waals surface area contributed by atoms with Crippen LogP contribution in [0.15, 0.2) is 78.4 Å². The number of halogens is 2. The molecule has 0 amide bonds. The van der Waals surface area contributed by atoms with E-state index in [2.05, 4.69) is 21.9 Å². The molecule has 0 fully saturated rings. The normalized spacial score (nSPS) is 11.3. The van der Waals surface area contributed by atoms with Gasteiger partial charge in [-0.05, 0) is 36.2 Å². The third kappa shape index (κ3) is 4.80. The van der Waals surface area contributed by atoms with Gasteiger partial charge >= 0.3 is 0 Å². The number of rotatable bonds is 6. The van der Waals surface area contributed by atoms with Crippen LogP contribution in [-0.4, -0.2) is 10.2 Å². The lowest BCUT2D eigenvalue weighted by Crippen LogP contribution is -2.13. The van der Waals surface area contributed by atoms with E-state index in [0.717, 1.165) is 22.4 Å². The Bertz CT molecular complexity index is 963. The second kappa shape index (κ2) is 8.60. The maximum absolute atomic E-state index is 13.0. The molecule has 0 bridgehead atoms. The summed E-state index contributed by atoms with van der Waals surface area (Å²) in [6.07, 6.45) is 1.20. The standard InChI is InChI=1S/C22H19ClFN3/c1-15(25-14-19-12-11-18(24)13-26-19)22-20(17-7-4-3-5-8-17)9-6-10-21(22)27-16(2)23/h3-13,25H,1,14H2,2H3. The van der Waals surface area contributed by atoms with Gasteiger partial charge in [0.15, 0.2) is 0 Å². The summed E-state index contributed by atoms with van der Waals surface area (Å²) in [5, 5.41) is 3.71. The Balaban J connectivity index is 1.97. The van der Waals surface area contributed by atoms with Crippen molar-refractivity contribution in [2.75, 3.05) is 0 Å². The first-order valence-electron chi connectivity index (χ1n) is 8.47. The fourth-order valence-electron chi connectivity index (χ4n) is 2.77. The molecule has 0 aliphatic rings. The first kappa shape index (κ1) is 18.8. The number of benzene rings is 2. The average Bonchev–Trinajstić information content (AvgIpc) is 2.67. The molecule has 0 spiro atoms. The minimum atomic E-state index is -0.360. The van der Waals surface area contributed by atoms with Crippen LogP contribution in [0.1, 0.15) is 18.2 Å². The minimum Gasteiger partial charge on any atom is -0.379 e. The Hall–Kier alpha value is -2.98. The first-order chi connectivity index (χ1) is 13.0. The number of aromatic nitrogens is 1. The third-order valence-electron chi connectivity index (χ3n) is 3.98. The van der Waals surface area contributed by atoms with Crippen LogP contribution >= 0.6 is 11.6 Å². The largest absolute Gasteiger partial charge is 0.379 e. The molecule has 0 radical (unpaired) electrons. The zero-order valence-electron chi connectivity index (χ0n) is 14.9. The molecule has 1 heterocycles. The average molecular weight is 380 g/mol. The van der Waals surface area contributed by atoms with E-state index < -0.39 is 0 Å². The number of nitrogens with zero attached hydrogens (tertiary/aromatic N) is 2. The SMILES string of the molecule is C=C(NCc1ccc(F)cn1)c1c(N=C(C)Cl)cccc1-c1ccccc1. The number of hydrogen-bond donors (Lipinski definition) is 1. The fourth-order valence-corrected chi connectivity index (χ4v) is 2.86. The fraction of sp³-hybridized carbons (Fsp3) is 0.0909. The van der Waals surface area contributed by atoms with E-state index in [9.17, 15) is 4.39 Å². The van der Waals surface area contributed by atoms with Gasteiger partial charge in [0.2, 0.25) is 0 Å². The summed E-state index contributed by atoms with van der Waals surface area (Å²) in [7, 11) is 0. The van der Waals surface area contributed by atoms with Crippen molar-refractivity contribution >= 4 is 28.2 Å². The van der Waals surface area contributed by atoms with Crippen molar-refractivity contribution in [3.05, 3.63) is 90.5 Å². The first-order valence-corrected chi connectivity index (χ1v) is 8.85. The summed E-state index contributed by atoms with van der Waals surface area (Å²) in [5.74, 6) is -0.360. The van der Waals surface area contributed by atoms with E-state index in [4.69, 9.17) is 11.6 Å². The molecule has 3 aromatic rings. The smallest absolute Gasteiger partial charge is 0.141 e. The highest BCUT2D eigenvalue weighted by atomic mass is 35.5. The highest BCUT2D eigenvalue weighted by Gasteiger charge is 2.13. The summed E-state index contributed by atoms with van der Waals surface area (Å²) in [6.45, 7) is 6.34. The zero-order valence-corrected chi connectivity index (χ0v) is 15.7. The number of aliphatic imine (C=N–C) groups is 1. The third-order valence-corrected chi connectivity index (χ3v) is 4.06. The molecule has 27 heavy (non-hydrogen) atoms. The molecule has 2 aromatic carbocycles. The summed E-state index contributed by atoms with van der Waals surface area (Å²) in [5.41, 5.74) is 5.06. The van der Waals surface area contributed by atoms with Crippen molar-refractivity contribution in [2.24, 2.45) is 4.99 Å². The van der Waals surface area contributed by atoms with Gasteiger partial charge in [-0.2, -0.15) is 0 Å². The number of pyridine rings is 1. The van der Waals surface area contributed by atoms with Gasteiger partial charge < -0.3 is 5.32 Å². The Morgan fingerprint density at radius 3 is 2.56 bits per heavy atom. The van der Waals surface area contributed by atoms with Crippen molar-refractivity contribution in [3.63, 3.8) is 0 Å². The predicted molar refractivity (Wildman–Crippen MR) is 111 cm³/mol. The number of hydrogen-bond acceptors (Lipinski definition) is 3. The molecular formula is C22H19ClFN3. The zero-order chi connectivity index (χ0) is 19.2.